The van der Waals surface area contributed by atoms with Gasteiger partial charge in [-0.2, -0.15) is 13.2 Å². The third kappa shape index (κ3) is 4.57. The van der Waals surface area contributed by atoms with Gasteiger partial charge in [0.05, 0.1) is 11.1 Å². The molecule has 0 radical (unpaired) electrons. The molecule has 3 rings (SSSR count). The maximum absolute atomic E-state index is 15.6. The molecule has 0 unspecified atom stereocenters. The fourth-order valence-corrected chi connectivity index (χ4v) is 4.33. The number of pyridine rings is 2. The van der Waals surface area contributed by atoms with Crippen LogP contribution in [0, 0.1) is 11.6 Å². The van der Waals surface area contributed by atoms with Crippen LogP contribution in [-0.4, -0.2) is 0 Å². The van der Waals surface area contributed by atoms with Crippen LogP contribution in [-0.2, 0) is 26.7 Å². The van der Waals surface area contributed by atoms with E-state index in [-0.39, 0.29) is 46.3 Å². The lowest BCUT2D eigenvalue weighted by molar-refractivity contribution is -0.661. The summed E-state index contributed by atoms with van der Waals surface area (Å²) in [6.07, 6.45) is -1.51. The van der Waals surface area contributed by atoms with Crippen molar-refractivity contribution in [1.29, 1.82) is 0 Å². The largest absolute Gasteiger partial charge is 0.422 e. The zero-order valence-corrected chi connectivity index (χ0v) is 20.6. The monoisotopic (exact) mass is 478 g/mol. The van der Waals surface area contributed by atoms with E-state index in [0.29, 0.717) is 0 Å². The lowest BCUT2D eigenvalue weighted by atomic mass is 9.89. The predicted molar refractivity (Wildman–Crippen MR) is 122 cm³/mol. The molecule has 0 bridgehead atoms. The molecule has 0 N–H and O–H groups in total. The van der Waals surface area contributed by atoms with E-state index in [2.05, 4.69) is 0 Å². The standard InChI is InChI=1S/C27H31F5N2/c1-8-19-22(20-11-9-17(15(2)3)13-33(20)6)25(28)24(27(30,31)32)26(29)23(19)21-12-10-18(16(4)5)14-34(21)7/h9-16H,8H2,1-7H3/q+2. The summed E-state index contributed by atoms with van der Waals surface area (Å²) in [6, 6.07) is 6.76. The Morgan fingerprint density at radius 2 is 1.12 bits per heavy atom. The van der Waals surface area contributed by atoms with Crippen LogP contribution in [0.25, 0.3) is 22.5 Å². The van der Waals surface area contributed by atoms with Gasteiger partial charge < -0.3 is 0 Å². The molecule has 0 amide bonds. The molecule has 3 aromatic rings. The minimum atomic E-state index is -5.20. The van der Waals surface area contributed by atoms with Crippen molar-refractivity contribution in [3.8, 4) is 22.5 Å². The first-order valence-corrected chi connectivity index (χ1v) is 11.4. The fourth-order valence-electron chi connectivity index (χ4n) is 4.33. The Kier molecular flexibility index (Phi) is 7.15. The number of aromatic nitrogens is 2. The molecule has 2 nitrogen and oxygen atoms in total. The molecule has 0 aliphatic carbocycles. The van der Waals surface area contributed by atoms with Crippen molar-refractivity contribution in [2.24, 2.45) is 14.1 Å². The van der Waals surface area contributed by atoms with Crippen LogP contribution in [0.15, 0.2) is 36.7 Å². The first-order chi connectivity index (χ1) is 15.8. The summed E-state index contributed by atoms with van der Waals surface area (Å²) in [6.45, 7) is 9.66. The van der Waals surface area contributed by atoms with Crippen molar-refractivity contribution in [1.82, 2.24) is 0 Å². The minimum absolute atomic E-state index is 0.147. The van der Waals surface area contributed by atoms with Crippen molar-refractivity contribution in [2.75, 3.05) is 0 Å². The van der Waals surface area contributed by atoms with E-state index in [0.717, 1.165) is 11.1 Å². The number of rotatable bonds is 5. The van der Waals surface area contributed by atoms with Gasteiger partial charge in [-0.25, -0.2) is 17.9 Å². The molecule has 182 valence electrons. The summed E-state index contributed by atoms with van der Waals surface area (Å²) < 4.78 is 76.3. The third-order valence-electron chi connectivity index (χ3n) is 6.28. The minimum Gasteiger partial charge on any atom is -0.205 e. The zero-order valence-electron chi connectivity index (χ0n) is 20.6. The normalized spacial score (nSPS) is 12.2. The Morgan fingerprint density at radius 3 is 1.38 bits per heavy atom. The molecule has 34 heavy (non-hydrogen) atoms. The maximum atomic E-state index is 15.6. The number of aryl methyl sites for hydroxylation is 2. The van der Waals surface area contributed by atoms with Crippen LogP contribution in [0.1, 0.15) is 68.7 Å². The number of hydrogen-bond donors (Lipinski definition) is 0. The number of alkyl halides is 3. The molecule has 2 heterocycles. The van der Waals surface area contributed by atoms with Crippen LogP contribution in [0.5, 0.6) is 0 Å². The Bertz CT molecular complexity index is 1140. The second-order valence-electron chi connectivity index (χ2n) is 9.31. The molecule has 0 aliphatic heterocycles. The first kappa shape index (κ1) is 25.8. The molecular weight excluding hydrogens is 447 g/mol. The van der Waals surface area contributed by atoms with E-state index in [1.807, 2.05) is 27.7 Å². The lowest BCUT2D eigenvalue weighted by Gasteiger charge is -2.19. The average Bonchev–Trinajstić information content (AvgIpc) is 2.73. The van der Waals surface area contributed by atoms with Gasteiger partial charge in [0.25, 0.3) is 0 Å². The third-order valence-corrected chi connectivity index (χ3v) is 6.28. The van der Waals surface area contributed by atoms with Gasteiger partial charge in [-0.15, -0.1) is 0 Å². The van der Waals surface area contributed by atoms with Crippen molar-refractivity contribution in [3.05, 3.63) is 70.5 Å². The molecule has 0 saturated carbocycles. The predicted octanol–water partition coefficient (Wildman–Crippen LogP) is 6.78. The number of nitrogens with zero attached hydrogens (tertiary/aromatic N) is 2. The van der Waals surface area contributed by atoms with E-state index < -0.39 is 23.4 Å². The van der Waals surface area contributed by atoms with Crippen LogP contribution in [0.2, 0.25) is 0 Å². The summed E-state index contributed by atoms with van der Waals surface area (Å²) in [4.78, 5) is 0. The second-order valence-corrected chi connectivity index (χ2v) is 9.31. The molecule has 0 fully saturated rings. The number of hydrogen-bond acceptors (Lipinski definition) is 0. The number of halogens is 5. The topological polar surface area (TPSA) is 7.76 Å². The van der Waals surface area contributed by atoms with Gasteiger partial charge in [-0.3, -0.25) is 0 Å². The summed E-state index contributed by atoms with van der Waals surface area (Å²) in [5.74, 6) is -2.80. The van der Waals surface area contributed by atoms with Crippen molar-refractivity contribution < 1.29 is 31.1 Å². The van der Waals surface area contributed by atoms with Crippen LogP contribution < -0.4 is 9.13 Å². The quantitative estimate of drug-likeness (QED) is 0.282. The van der Waals surface area contributed by atoms with Gasteiger partial charge in [-0.1, -0.05) is 34.6 Å². The second kappa shape index (κ2) is 9.43. The van der Waals surface area contributed by atoms with Crippen LogP contribution in [0.4, 0.5) is 22.0 Å². The van der Waals surface area contributed by atoms with E-state index in [1.54, 1.807) is 66.8 Å². The molecule has 0 aliphatic rings. The first-order valence-electron chi connectivity index (χ1n) is 11.4. The van der Waals surface area contributed by atoms with Gasteiger partial charge in [0.2, 0.25) is 11.4 Å². The highest BCUT2D eigenvalue weighted by Gasteiger charge is 2.44. The molecular formula is C27H31F5N2+2. The number of benzene rings is 1. The molecule has 0 atom stereocenters. The van der Waals surface area contributed by atoms with E-state index in [9.17, 15) is 13.2 Å². The van der Waals surface area contributed by atoms with Crippen LogP contribution in [0.3, 0.4) is 0 Å². The Morgan fingerprint density at radius 1 is 0.735 bits per heavy atom. The van der Waals surface area contributed by atoms with E-state index in [4.69, 9.17) is 0 Å². The molecule has 0 spiro atoms. The molecule has 2 aromatic heterocycles. The average molecular weight is 479 g/mol. The van der Waals surface area contributed by atoms with Gasteiger partial charge in [-0.05, 0) is 36.0 Å². The molecule has 7 heteroatoms. The highest BCUT2D eigenvalue weighted by atomic mass is 19.4. The lowest BCUT2D eigenvalue weighted by Crippen LogP contribution is -2.34. The van der Waals surface area contributed by atoms with E-state index in [1.165, 1.54) is 0 Å². The van der Waals surface area contributed by atoms with Crippen molar-refractivity contribution in [2.45, 2.75) is 59.1 Å². The van der Waals surface area contributed by atoms with Gasteiger partial charge in [0.15, 0.2) is 24.0 Å². The highest BCUT2D eigenvalue weighted by molar-refractivity contribution is 5.76. The Balaban J connectivity index is 2.47. The van der Waals surface area contributed by atoms with Gasteiger partial charge in [0.1, 0.15) is 19.7 Å². The highest BCUT2D eigenvalue weighted by Crippen LogP contribution is 2.44. The summed E-state index contributed by atoms with van der Waals surface area (Å²) in [7, 11) is 3.32. The fraction of sp³-hybridized carbons (Fsp3) is 0.407. The van der Waals surface area contributed by atoms with Gasteiger partial charge >= 0.3 is 6.18 Å². The summed E-state index contributed by atoms with van der Waals surface area (Å²) >= 11 is 0. The Labute approximate surface area is 197 Å². The van der Waals surface area contributed by atoms with Crippen molar-refractivity contribution >= 4 is 0 Å². The SMILES string of the molecule is CCc1c(-c2ccc(C(C)C)c[n+]2C)c(F)c(C(F)(F)F)c(F)c1-c1ccc(C(C)C)c[n+]1C. The van der Waals surface area contributed by atoms with Gasteiger partial charge in [0, 0.05) is 23.3 Å². The smallest absolute Gasteiger partial charge is 0.205 e. The van der Waals surface area contributed by atoms with Crippen molar-refractivity contribution in [3.63, 3.8) is 0 Å². The summed E-state index contributed by atoms with van der Waals surface area (Å²) in [5, 5.41) is 0. The van der Waals surface area contributed by atoms with Crippen LogP contribution >= 0.6 is 0 Å². The van der Waals surface area contributed by atoms with E-state index >= 15 is 8.78 Å². The summed E-state index contributed by atoms with van der Waals surface area (Å²) in [5.41, 5.74) is 0.310. The Hall–Kier alpha value is -2.83. The maximum Gasteiger partial charge on any atom is 0.422 e. The molecule has 0 saturated heterocycles. The molecule has 1 aromatic carbocycles. The zero-order chi connectivity index (χ0) is 25.5.